The maximum atomic E-state index is 13.0. The van der Waals surface area contributed by atoms with Crippen LogP contribution in [-0.2, 0) is 34.0 Å². The van der Waals surface area contributed by atoms with Gasteiger partial charge in [-0.1, -0.05) is 24.3 Å². The minimum atomic E-state index is -0.675. The van der Waals surface area contributed by atoms with Crippen molar-refractivity contribution < 1.29 is 23.9 Å². The molecule has 0 bridgehead atoms. The number of carbonyl (C=O) groups excluding carboxylic acids is 3. The van der Waals surface area contributed by atoms with Crippen LogP contribution in [0, 0.1) is 0 Å². The molecule has 9 nitrogen and oxygen atoms in total. The van der Waals surface area contributed by atoms with Gasteiger partial charge in [-0.2, -0.15) is 0 Å². The summed E-state index contributed by atoms with van der Waals surface area (Å²) in [7, 11) is 0. The summed E-state index contributed by atoms with van der Waals surface area (Å²) < 4.78 is 11.5. The van der Waals surface area contributed by atoms with Gasteiger partial charge in [-0.05, 0) is 29.7 Å². The van der Waals surface area contributed by atoms with E-state index in [0.717, 1.165) is 38.4 Å². The lowest BCUT2D eigenvalue weighted by atomic mass is 10.0. The molecule has 1 atom stereocenters. The molecular formula is C25H28N4O5. The Morgan fingerprint density at radius 2 is 1.76 bits per heavy atom. The molecule has 3 N–H and O–H groups in total. The maximum Gasteiger partial charge on any atom is 0.255 e. The molecule has 34 heavy (non-hydrogen) atoms. The fraction of sp³-hybridized carbons (Fsp3) is 0.400. The number of nitrogens with one attached hydrogen (secondary N) is 1. The van der Waals surface area contributed by atoms with Gasteiger partial charge < -0.3 is 20.1 Å². The van der Waals surface area contributed by atoms with E-state index in [1.165, 1.54) is 10.5 Å². The van der Waals surface area contributed by atoms with Gasteiger partial charge in [0.05, 0.1) is 25.4 Å². The third kappa shape index (κ3) is 4.49. The number of nitrogens with two attached hydrogens (primary N) is 1. The number of nitrogen functional groups attached to an aromatic ring is 1. The second-order valence-corrected chi connectivity index (χ2v) is 8.90. The monoisotopic (exact) mass is 464 g/mol. The van der Waals surface area contributed by atoms with Crippen LogP contribution in [0.3, 0.4) is 0 Å². The van der Waals surface area contributed by atoms with Gasteiger partial charge in [-0.3, -0.25) is 24.6 Å². The lowest BCUT2D eigenvalue weighted by molar-refractivity contribution is -0.136. The zero-order chi connectivity index (χ0) is 23.7. The summed E-state index contributed by atoms with van der Waals surface area (Å²) in [6.45, 7) is 4.86. The predicted octanol–water partition coefficient (Wildman–Crippen LogP) is 1.44. The number of morpholine rings is 1. The van der Waals surface area contributed by atoms with Gasteiger partial charge in [-0.15, -0.1) is 0 Å². The number of hydrogen-bond acceptors (Lipinski definition) is 7. The van der Waals surface area contributed by atoms with Crippen molar-refractivity contribution >= 4 is 23.4 Å². The highest BCUT2D eigenvalue weighted by molar-refractivity contribution is 6.06. The average molecular weight is 465 g/mol. The molecule has 0 radical (unpaired) electrons. The first-order chi connectivity index (χ1) is 16.5. The Bertz CT molecular complexity index is 1110. The first kappa shape index (κ1) is 22.4. The molecule has 0 saturated carbocycles. The number of ether oxygens (including phenoxy) is 2. The summed E-state index contributed by atoms with van der Waals surface area (Å²) in [6.07, 6.45) is 0.524. The Morgan fingerprint density at radius 1 is 1.03 bits per heavy atom. The highest BCUT2D eigenvalue weighted by atomic mass is 16.5. The van der Waals surface area contributed by atoms with Crippen molar-refractivity contribution in [2.45, 2.75) is 38.6 Å². The van der Waals surface area contributed by atoms with Crippen molar-refractivity contribution in [1.82, 2.24) is 15.1 Å². The van der Waals surface area contributed by atoms with Gasteiger partial charge in [0.25, 0.3) is 5.91 Å². The highest BCUT2D eigenvalue weighted by Gasteiger charge is 2.40. The zero-order valence-electron chi connectivity index (χ0n) is 18.9. The van der Waals surface area contributed by atoms with E-state index in [1.54, 1.807) is 12.1 Å². The van der Waals surface area contributed by atoms with Crippen molar-refractivity contribution in [2.75, 3.05) is 32.0 Å². The summed E-state index contributed by atoms with van der Waals surface area (Å²) in [5.41, 5.74) is 10.0. The number of hydrogen-bond donors (Lipinski definition) is 2. The molecule has 0 spiro atoms. The molecule has 3 heterocycles. The summed E-state index contributed by atoms with van der Waals surface area (Å²) in [4.78, 5) is 40.7. The quantitative estimate of drug-likeness (QED) is 0.491. The van der Waals surface area contributed by atoms with E-state index >= 15 is 0 Å². The molecule has 3 amide bonds. The van der Waals surface area contributed by atoms with Crippen molar-refractivity contribution in [3.8, 4) is 5.75 Å². The molecule has 3 aliphatic rings. The van der Waals surface area contributed by atoms with E-state index in [4.69, 9.17) is 15.2 Å². The van der Waals surface area contributed by atoms with E-state index in [0.29, 0.717) is 35.6 Å². The highest BCUT2D eigenvalue weighted by Crippen LogP contribution is 2.37. The molecule has 2 saturated heterocycles. The molecule has 2 fully saturated rings. The molecule has 0 aromatic heterocycles. The summed E-state index contributed by atoms with van der Waals surface area (Å²) in [6, 6.07) is 10.9. The van der Waals surface area contributed by atoms with Crippen LogP contribution in [0.4, 0.5) is 5.69 Å². The Kier molecular flexibility index (Phi) is 6.21. The largest absolute Gasteiger partial charge is 0.486 e. The summed E-state index contributed by atoms with van der Waals surface area (Å²) >= 11 is 0. The van der Waals surface area contributed by atoms with Crippen LogP contribution in [0.1, 0.15) is 39.9 Å². The van der Waals surface area contributed by atoms with Crippen LogP contribution in [0.25, 0.3) is 0 Å². The van der Waals surface area contributed by atoms with E-state index in [-0.39, 0.29) is 24.8 Å². The zero-order valence-corrected chi connectivity index (χ0v) is 18.9. The minimum Gasteiger partial charge on any atom is -0.486 e. The van der Waals surface area contributed by atoms with Crippen LogP contribution < -0.4 is 15.8 Å². The standard InChI is InChI=1S/C25H28N4O5/c26-20-6-5-18-19(14-29(25(18)32)21-7-8-22(30)27-24(21)31)23(20)34-15-17-3-1-16(2-4-17)13-28-9-11-33-12-10-28/h1-6,21H,7-15,26H2,(H,27,30,31). The maximum absolute atomic E-state index is 13.0. The Labute approximate surface area is 197 Å². The number of rotatable bonds is 6. The lowest BCUT2D eigenvalue weighted by Gasteiger charge is -2.29. The second-order valence-electron chi connectivity index (χ2n) is 8.90. The van der Waals surface area contributed by atoms with Crippen molar-refractivity contribution in [3.63, 3.8) is 0 Å². The van der Waals surface area contributed by atoms with E-state index < -0.39 is 11.9 Å². The van der Waals surface area contributed by atoms with Crippen LogP contribution in [0.2, 0.25) is 0 Å². The predicted molar refractivity (Wildman–Crippen MR) is 124 cm³/mol. The van der Waals surface area contributed by atoms with Gasteiger partial charge in [0.2, 0.25) is 11.8 Å². The van der Waals surface area contributed by atoms with Gasteiger partial charge in [-0.25, -0.2) is 0 Å². The number of nitrogens with zero attached hydrogens (tertiary/aromatic N) is 2. The molecule has 1 unspecified atom stereocenters. The third-order valence-electron chi connectivity index (χ3n) is 6.61. The smallest absolute Gasteiger partial charge is 0.255 e. The van der Waals surface area contributed by atoms with Crippen LogP contribution in [0.5, 0.6) is 5.75 Å². The van der Waals surface area contributed by atoms with Crippen LogP contribution in [-0.4, -0.2) is 59.9 Å². The van der Waals surface area contributed by atoms with Crippen molar-refractivity contribution in [2.24, 2.45) is 0 Å². The first-order valence-corrected chi connectivity index (χ1v) is 11.6. The third-order valence-corrected chi connectivity index (χ3v) is 6.61. The molecule has 3 aliphatic heterocycles. The van der Waals surface area contributed by atoms with E-state index in [9.17, 15) is 14.4 Å². The fourth-order valence-electron chi connectivity index (χ4n) is 4.72. The Morgan fingerprint density at radius 3 is 2.50 bits per heavy atom. The van der Waals surface area contributed by atoms with Crippen molar-refractivity contribution in [1.29, 1.82) is 0 Å². The topological polar surface area (TPSA) is 114 Å². The van der Waals surface area contributed by atoms with Gasteiger partial charge in [0, 0.05) is 37.2 Å². The van der Waals surface area contributed by atoms with Crippen LogP contribution in [0.15, 0.2) is 36.4 Å². The van der Waals surface area contributed by atoms with Crippen molar-refractivity contribution in [3.05, 3.63) is 58.7 Å². The molecule has 2 aromatic carbocycles. The number of fused-ring (bicyclic) bond motifs is 1. The number of amides is 3. The molecule has 178 valence electrons. The van der Waals surface area contributed by atoms with E-state index in [1.807, 2.05) is 12.1 Å². The number of piperidine rings is 1. The molecule has 2 aromatic rings. The first-order valence-electron chi connectivity index (χ1n) is 11.6. The Hall–Kier alpha value is -3.43. The molecule has 9 heteroatoms. The normalized spacial score (nSPS) is 20.9. The number of imide groups is 1. The number of anilines is 1. The van der Waals surface area contributed by atoms with Crippen LogP contribution >= 0.6 is 0 Å². The summed E-state index contributed by atoms with van der Waals surface area (Å²) in [5, 5.41) is 2.32. The Balaban J connectivity index is 1.27. The minimum absolute atomic E-state index is 0.212. The SMILES string of the molecule is Nc1ccc2c(c1OCc1ccc(CN3CCOCC3)cc1)CN(C1CCC(=O)NC1=O)C2=O. The molecule has 5 rings (SSSR count). The van der Waals surface area contributed by atoms with Gasteiger partial charge in [0.15, 0.2) is 0 Å². The summed E-state index contributed by atoms with van der Waals surface area (Å²) in [5.74, 6) is -0.528. The number of benzene rings is 2. The van der Waals surface area contributed by atoms with E-state index in [2.05, 4.69) is 22.3 Å². The fourth-order valence-corrected chi connectivity index (χ4v) is 4.72. The molecular weight excluding hydrogens is 436 g/mol. The average Bonchev–Trinajstić information content (AvgIpc) is 3.16. The second kappa shape index (κ2) is 9.44. The van der Waals surface area contributed by atoms with Gasteiger partial charge in [0.1, 0.15) is 18.4 Å². The lowest BCUT2D eigenvalue weighted by Crippen LogP contribution is -2.52. The number of carbonyl (C=O) groups is 3. The van der Waals surface area contributed by atoms with Gasteiger partial charge >= 0.3 is 0 Å². The molecule has 0 aliphatic carbocycles.